The molecule has 1 atom stereocenters. The first-order valence-electron chi connectivity index (χ1n) is 5.83. The minimum atomic E-state index is -0.969. The van der Waals surface area contributed by atoms with Crippen molar-refractivity contribution in [3.05, 3.63) is 22.4 Å². The van der Waals surface area contributed by atoms with Crippen molar-refractivity contribution in [2.45, 2.75) is 25.3 Å². The average molecular weight is 315 g/mol. The first-order valence-corrected chi connectivity index (χ1v) is 6.62. The van der Waals surface area contributed by atoms with Crippen LogP contribution in [0.25, 0.3) is 0 Å². The first-order chi connectivity index (χ1) is 8.47. The molecule has 1 aromatic rings. The lowest BCUT2D eigenvalue weighted by atomic mass is 10.1. The van der Waals surface area contributed by atoms with Crippen LogP contribution in [0.2, 0.25) is 0 Å². The normalized spacial score (nSPS) is 16.3. The van der Waals surface area contributed by atoms with Crippen molar-refractivity contribution >= 4 is 27.8 Å². The molecule has 0 radical (unpaired) electrons. The number of carboxylic acid groups (broad SMARTS) is 1. The Morgan fingerprint density at radius 1 is 1.61 bits per heavy atom. The Morgan fingerprint density at radius 2 is 2.28 bits per heavy atom. The molecule has 0 aromatic carbocycles. The largest absolute Gasteiger partial charge is 0.480 e. The predicted octanol–water partition coefficient (Wildman–Crippen LogP) is 1.77. The summed E-state index contributed by atoms with van der Waals surface area (Å²) in [5, 5.41) is 11.7. The third-order valence-corrected chi connectivity index (χ3v) is 3.51. The van der Waals surface area contributed by atoms with Gasteiger partial charge in [0.1, 0.15) is 11.7 Å². The third kappa shape index (κ3) is 3.13. The molecule has 2 rings (SSSR count). The van der Waals surface area contributed by atoms with E-state index in [1.165, 1.54) is 0 Å². The van der Waals surface area contributed by atoms with Gasteiger partial charge in [0.15, 0.2) is 0 Å². The van der Waals surface area contributed by atoms with Crippen LogP contribution < -0.4 is 5.32 Å². The second kappa shape index (κ2) is 5.14. The number of carboxylic acids is 1. The van der Waals surface area contributed by atoms with E-state index in [-0.39, 0.29) is 5.91 Å². The maximum Gasteiger partial charge on any atom is 0.326 e. The van der Waals surface area contributed by atoms with Gasteiger partial charge in [0.25, 0.3) is 5.91 Å². The summed E-state index contributed by atoms with van der Waals surface area (Å²) in [6, 6.07) is 0.879. The Labute approximate surface area is 113 Å². The Hall–Kier alpha value is -1.30. The number of amides is 1. The van der Waals surface area contributed by atoms with E-state index < -0.39 is 12.0 Å². The van der Waals surface area contributed by atoms with Crippen LogP contribution in [0, 0.1) is 5.92 Å². The van der Waals surface area contributed by atoms with Gasteiger partial charge in [-0.25, -0.2) is 4.79 Å². The van der Waals surface area contributed by atoms with Crippen molar-refractivity contribution in [3.63, 3.8) is 0 Å². The number of halogens is 1. The van der Waals surface area contributed by atoms with Gasteiger partial charge in [0.2, 0.25) is 0 Å². The number of aromatic nitrogens is 1. The molecule has 0 bridgehead atoms. The van der Waals surface area contributed by atoms with Crippen LogP contribution in [-0.4, -0.2) is 27.6 Å². The Balaban J connectivity index is 2.03. The molecule has 1 aliphatic carbocycles. The molecule has 5 nitrogen and oxygen atoms in total. The van der Waals surface area contributed by atoms with Gasteiger partial charge in [-0.3, -0.25) is 4.79 Å². The fourth-order valence-corrected chi connectivity index (χ4v) is 2.41. The van der Waals surface area contributed by atoms with Crippen molar-refractivity contribution in [1.29, 1.82) is 0 Å². The van der Waals surface area contributed by atoms with Gasteiger partial charge in [0, 0.05) is 17.7 Å². The highest BCUT2D eigenvalue weighted by Crippen LogP contribution is 2.33. The number of hydrogen-bond donors (Lipinski definition) is 2. The van der Waals surface area contributed by atoms with Gasteiger partial charge in [-0.05, 0) is 34.3 Å². The number of hydrogen-bond acceptors (Lipinski definition) is 2. The fourth-order valence-electron chi connectivity index (χ4n) is 1.89. The maximum absolute atomic E-state index is 12.0. The van der Waals surface area contributed by atoms with E-state index in [1.807, 2.05) is 0 Å². The number of rotatable bonds is 5. The van der Waals surface area contributed by atoms with Crippen LogP contribution in [0.5, 0.6) is 0 Å². The summed E-state index contributed by atoms with van der Waals surface area (Å²) in [5.74, 6) is -0.869. The zero-order valence-electron chi connectivity index (χ0n) is 10.0. The fraction of sp³-hybridized carbons (Fsp3) is 0.500. The van der Waals surface area contributed by atoms with E-state index in [0.29, 0.717) is 18.0 Å². The zero-order valence-corrected chi connectivity index (χ0v) is 11.6. The van der Waals surface area contributed by atoms with Crippen LogP contribution in [0.15, 0.2) is 16.7 Å². The minimum absolute atomic E-state index is 0.351. The van der Waals surface area contributed by atoms with Crippen LogP contribution in [-0.2, 0) is 11.8 Å². The van der Waals surface area contributed by atoms with Crippen molar-refractivity contribution in [2.75, 3.05) is 0 Å². The third-order valence-electron chi connectivity index (χ3n) is 3.07. The first kappa shape index (κ1) is 13.1. The molecule has 0 saturated heterocycles. The summed E-state index contributed by atoms with van der Waals surface area (Å²) >= 11 is 3.28. The van der Waals surface area contributed by atoms with Gasteiger partial charge < -0.3 is 15.0 Å². The summed E-state index contributed by atoms with van der Waals surface area (Å²) in [4.78, 5) is 23.1. The zero-order chi connectivity index (χ0) is 13.3. The summed E-state index contributed by atoms with van der Waals surface area (Å²) in [5.41, 5.74) is 0.448. The van der Waals surface area contributed by atoms with Crippen molar-refractivity contribution in [3.8, 4) is 0 Å². The van der Waals surface area contributed by atoms with E-state index in [2.05, 4.69) is 21.2 Å². The van der Waals surface area contributed by atoms with Crippen LogP contribution in [0.1, 0.15) is 29.8 Å². The molecule has 0 spiro atoms. The standard InChI is InChI=1S/C12H15BrN2O3/c1-15-6-8(13)5-10(15)11(16)14-9(12(17)18)4-7-2-3-7/h5-7,9H,2-4H2,1H3,(H,14,16)(H,17,18). The van der Waals surface area contributed by atoms with Gasteiger partial charge >= 0.3 is 5.97 Å². The molecule has 98 valence electrons. The molecule has 1 aliphatic rings. The number of carbonyl (C=O) groups excluding carboxylic acids is 1. The Kier molecular flexibility index (Phi) is 3.75. The molecule has 0 aliphatic heterocycles. The monoisotopic (exact) mass is 314 g/mol. The number of carbonyl (C=O) groups is 2. The van der Waals surface area contributed by atoms with Crippen molar-refractivity contribution < 1.29 is 14.7 Å². The summed E-state index contributed by atoms with van der Waals surface area (Å²) in [7, 11) is 1.75. The van der Waals surface area contributed by atoms with E-state index >= 15 is 0 Å². The van der Waals surface area contributed by atoms with E-state index in [0.717, 1.165) is 17.3 Å². The smallest absolute Gasteiger partial charge is 0.326 e. The van der Waals surface area contributed by atoms with Gasteiger partial charge in [0.05, 0.1) is 0 Å². The maximum atomic E-state index is 12.0. The minimum Gasteiger partial charge on any atom is -0.480 e. The molecular weight excluding hydrogens is 300 g/mol. The highest BCUT2D eigenvalue weighted by molar-refractivity contribution is 9.10. The summed E-state index contributed by atoms with van der Waals surface area (Å²) in [6.45, 7) is 0. The Bertz CT molecular complexity index is 480. The molecule has 1 fully saturated rings. The molecule has 1 amide bonds. The quantitative estimate of drug-likeness (QED) is 0.870. The number of nitrogens with zero attached hydrogens (tertiary/aromatic N) is 1. The van der Waals surface area contributed by atoms with E-state index in [1.54, 1.807) is 23.9 Å². The second-order valence-corrected chi connectivity index (χ2v) is 5.61. The molecule has 6 heteroatoms. The molecule has 1 heterocycles. The molecule has 1 aromatic heterocycles. The van der Waals surface area contributed by atoms with E-state index in [9.17, 15) is 9.59 Å². The molecule has 1 unspecified atom stereocenters. The van der Waals surface area contributed by atoms with Crippen LogP contribution in [0.4, 0.5) is 0 Å². The Morgan fingerprint density at radius 3 is 2.72 bits per heavy atom. The second-order valence-electron chi connectivity index (χ2n) is 4.70. The lowest BCUT2D eigenvalue weighted by Crippen LogP contribution is -2.41. The predicted molar refractivity (Wildman–Crippen MR) is 69.3 cm³/mol. The summed E-state index contributed by atoms with van der Waals surface area (Å²) < 4.78 is 2.46. The molecule has 18 heavy (non-hydrogen) atoms. The van der Waals surface area contributed by atoms with Gasteiger partial charge in [-0.1, -0.05) is 12.8 Å². The molecular formula is C12H15BrN2O3. The number of aliphatic carboxylic acids is 1. The van der Waals surface area contributed by atoms with Crippen LogP contribution >= 0.6 is 15.9 Å². The van der Waals surface area contributed by atoms with Crippen LogP contribution in [0.3, 0.4) is 0 Å². The SMILES string of the molecule is Cn1cc(Br)cc1C(=O)NC(CC1CC1)C(=O)O. The molecule has 1 saturated carbocycles. The highest BCUT2D eigenvalue weighted by atomic mass is 79.9. The summed E-state index contributed by atoms with van der Waals surface area (Å²) in [6.07, 6.45) is 4.41. The van der Waals surface area contributed by atoms with Gasteiger partial charge in [-0.15, -0.1) is 0 Å². The topological polar surface area (TPSA) is 71.3 Å². The van der Waals surface area contributed by atoms with E-state index in [4.69, 9.17) is 5.11 Å². The average Bonchev–Trinajstić information content (AvgIpc) is 3.02. The highest BCUT2D eigenvalue weighted by Gasteiger charge is 2.30. The lowest BCUT2D eigenvalue weighted by molar-refractivity contribution is -0.139. The van der Waals surface area contributed by atoms with Crippen molar-refractivity contribution in [1.82, 2.24) is 9.88 Å². The lowest BCUT2D eigenvalue weighted by Gasteiger charge is -2.14. The van der Waals surface area contributed by atoms with Crippen molar-refractivity contribution in [2.24, 2.45) is 13.0 Å². The number of aryl methyl sites for hydroxylation is 1. The number of nitrogens with one attached hydrogen (secondary N) is 1. The van der Waals surface area contributed by atoms with Gasteiger partial charge in [-0.2, -0.15) is 0 Å². The molecule has 2 N–H and O–H groups in total.